The third-order valence-electron chi connectivity index (χ3n) is 5.60. The molecule has 0 aromatic heterocycles. The Bertz CT molecular complexity index is 1140. The molecular weight excluding hydrogens is 478 g/mol. The van der Waals surface area contributed by atoms with E-state index in [2.05, 4.69) is 10.6 Å². The maximum atomic E-state index is 13.8. The third kappa shape index (κ3) is 7.41. The fourth-order valence-corrected chi connectivity index (χ4v) is 4.08. The molecule has 2 N–H and O–H groups in total. The van der Waals surface area contributed by atoms with Gasteiger partial charge in [-0.05, 0) is 59.9 Å². The number of dihydropyridines is 1. The summed E-state index contributed by atoms with van der Waals surface area (Å²) in [6.07, 6.45) is -0.430. The van der Waals surface area contributed by atoms with E-state index in [9.17, 15) is 24.5 Å². The Morgan fingerprint density at radius 3 is 2.16 bits per heavy atom. The average Bonchev–Trinajstić information content (AvgIpc) is 2.74. The van der Waals surface area contributed by atoms with Gasteiger partial charge in [0.25, 0.3) is 11.6 Å². The monoisotopic (exact) mass is 515 g/mol. The van der Waals surface area contributed by atoms with E-state index < -0.39 is 46.4 Å². The molecule has 0 fully saturated rings. The van der Waals surface area contributed by atoms with Crippen LogP contribution >= 0.6 is 0 Å². The number of benzene rings is 1. The molecule has 1 aliphatic rings. The molecule has 1 amide bonds. The molecule has 1 heterocycles. The Hall–Kier alpha value is -3.69. The van der Waals surface area contributed by atoms with Gasteiger partial charge in [0, 0.05) is 29.1 Å². The van der Waals surface area contributed by atoms with E-state index in [0.717, 1.165) is 0 Å². The van der Waals surface area contributed by atoms with E-state index in [4.69, 9.17) is 9.47 Å². The smallest absolute Gasteiger partial charge is 0.337 e. The first-order valence-corrected chi connectivity index (χ1v) is 12.2. The lowest BCUT2D eigenvalue weighted by Crippen LogP contribution is -2.49. The molecule has 1 aromatic rings. The zero-order valence-corrected chi connectivity index (χ0v) is 22.9. The standard InChI is InChI=1S/C27H37N3O7/c1-14(2)23(26(33)37-27(7,8)9)29-24(31)20-16(5)28-17(6)21(25(32)36-15(3)4)22(20)18-11-10-12-19(13-18)30(34)35/h10-15,22-23,28H,1-9H3,(H,29,31). The zero-order valence-electron chi connectivity index (χ0n) is 22.9. The van der Waals surface area contributed by atoms with Crippen LogP contribution in [0.15, 0.2) is 46.8 Å². The van der Waals surface area contributed by atoms with Crippen LogP contribution in [0, 0.1) is 16.0 Å². The van der Waals surface area contributed by atoms with Crippen LogP contribution in [-0.4, -0.2) is 40.5 Å². The van der Waals surface area contributed by atoms with Crippen LogP contribution in [0.3, 0.4) is 0 Å². The summed E-state index contributed by atoms with van der Waals surface area (Å²) in [5, 5.41) is 17.3. The first kappa shape index (κ1) is 29.5. The van der Waals surface area contributed by atoms with E-state index in [1.807, 2.05) is 0 Å². The quantitative estimate of drug-likeness (QED) is 0.298. The zero-order chi connectivity index (χ0) is 28.2. The van der Waals surface area contributed by atoms with Gasteiger partial charge in [0.05, 0.1) is 22.5 Å². The van der Waals surface area contributed by atoms with Crippen LogP contribution in [0.4, 0.5) is 5.69 Å². The highest BCUT2D eigenvalue weighted by Gasteiger charge is 2.40. The molecule has 0 radical (unpaired) electrons. The molecule has 0 saturated heterocycles. The molecule has 1 aromatic carbocycles. The summed E-state index contributed by atoms with van der Waals surface area (Å²) in [6, 6.07) is 4.82. The van der Waals surface area contributed by atoms with Crippen molar-refractivity contribution in [2.45, 2.75) is 86.0 Å². The molecule has 2 unspecified atom stereocenters. The van der Waals surface area contributed by atoms with Crippen molar-refractivity contribution in [3.05, 3.63) is 62.5 Å². The number of hydrogen-bond donors (Lipinski definition) is 2. The first-order valence-electron chi connectivity index (χ1n) is 12.2. The minimum Gasteiger partial charge on any atom is -0.460 e. The van der Waals surface area contributed by atoms with Crippen LogP contribution in [0.2, 0.25) is 0 Å². The lowest BCUT2D eigenvalue weighted by atomic mass is 9.79. The first-order chi connectivity index (χ1) is 17.0. The van der Waals surface area contributed by atoms with Crippen molar-refractivity contribution in [3.63, 3.8) is 0 Å². The maximum Gasteiger partial charge on any atom is 0.337 e. The van der Waals surface area contributed by atoms with Gasteiger partial charge in [-0.2, -0.15) is 0 Å². The summed E-state index contributed by atoms with van der Waals surface area (Å²) in [5.41, 5.74) is 0.642. The van der Waals surface area contributed by atoms with E-state index >= 15 is 0 Å². The van der Waals surface area contributed by atoms with Crippen molar-refractivity contribution in [3.8, 4) is 0 Å². The highest BCUT2D eigenvalue weighted by Crippen LogP contribution is 2.40. The number of hydrogen-bond acceptors (Lipinski definition) is 8. The maximum absolute atomic E-state index is 13.8. The van der Waals surface area contributed by atoms with Crippen molar-refractivity contribution in [2.24, 2.45) is 5.92 Å². The molecule has 10 nitrogen and oxygen atoms in total. The van der Waals surface area contributed by atoms with Gasteiger partial charge in [-0.25, -0.2) is 9.59 Å². The summed E-state index contributed by atoms with van der Waals surface area (Å²) < 4.78 is 11.0. The Balaban J connectivity index is 2.63. The number of nitrogens with zero attached hydrogens (tertiary/aromatic N) is 1. The highest BCUT2D eigenvalue weighted by molar-refractivity contribution is 6.03. The Morgan fingerprint density at radius 1 is 1.05 bits per heavy atom. The molecule has 2 rings (SSSR count). The van der Waals surface area contributed by atoms with Crippen LogP contribution in [0.5, 0.6) is 0 Å². The summed E-state index contributed by atoms with van der Waals surface area (Å²) in [5.74, 6) is -3.11. The number of amides is 1. The second-order valence-electron chi connectivity index (χ2n) is 10.7. The van der Waals surface area contributed by atoms with E-state index in [1.165, 1.54) is 18.2 Å². The normalized spacial score (nSPS) is 16.9. The number of esters is 2. The number of non-ortho nitro benzene ring substituents is 1. The van der Waals surface area contributed by atoms with Crippen LogP contribution in [0.25, 0.3) is 0 Å². The topological polar surface area (TPSA) is 137 Å². The van der Waals surface area contributed by atoms with Gasteiger partial charge in [0.1, 0.15) is 11.6 Å². The van der Waals surface area contributed by atoms with Crippen molar-refractivity contribution in [2.75, 3.05) is 0 Å². The number of carbonyl (C=O) groups is 3. The van der Waals surface area contributed by atoms with Crippen LogP contribution in [0.1, 0.15) is 73.8 Å². The van der Waals surface area contributed by atoms with Gasteiger partial charge in [-0.3, -0.25) is 14.9 Å². The molecule has 2 atom stereocenters. The predicted octanol–water partition coefficient (Wildman–Crippen LogP) is 4.26. The molecule has 0 saturated carbocycles. The average molecular weight is 516 g/mol. The Labute approximate surface area is 217 Å². The SMILES string of the molecule is CC1=C(C(=O)NC(C(=O)OC(C)(C)C)C(C)C)C(c2cccc([N+](=O)[O-])c2)C(C(=O)OC(C)C)=C(C)N1. The number of carbonyl (C=O) groups excluding carboxylic acids is 3. The van der Waals surface area contributed by atoms with E-state index in [1.54, 1.807) is 68.4 Å². The number of ether oxygens (including phenoxy) is 2. The number of nitrogens with one attached hydrogen (secondary N) is 2. The lowest BCUT2D eigenvalue weighted by molar-refractivity contribution is -0.384. The van der Waals surface area contributed by atoms with Crippen molar-refractivity contribution in [1.82, 2.24) is 10.6 Å². The largest absolute Gasteiger partial charge is 0.460 e. The summed E-state index contributed by atoms with van der Waals surface area (Å²) in [7, 11) is 0. The van der Waals surface area contributed by atoms with Gasteiger partial charge in [0.2, 0.25) is 0 Å². The number of rotatable bonds is 8. The number of nitro groups is 1. The predicted molar refractivity (Wildman–Crippen MR) is 138 cm³/mol. The molecule has 0 aliphatic carbocycles. The minimum absolute atomic E-state index is 0.149. The van der Waals surface area contributed by atoms with Crippen LogP contribution in [-0.2, 0) is 23.9 Å². The summed E-state index contributed by atoms with van der Waals surface area (Å²) in [4.78, 5) is 50.8. The van der Waals surface area contributed by atoms with Gasteiger partial charge in [0.15, 0.2) is 0 Å². The van der Waals surface area contributed by atoms with Crippen molar-refractivity contribution in [1.29, 1.82) is 0 Å². The van der Waals surface area contributed by atoms with Gasteiger partial charge < -0.3 is 20.1 Å². The molecule has 202 valence electrons. The minimum atomic E-state index is -0.973. The molecule has 0 spiro atoms. The molecule has 1 aliphatic heterocycles. The van der Waals surface area contributed by atoms with E-state index in [0.29, 0.717) is 17.0 Å². The van der Waals surface area contributed by atoms with Crippen molar-refractivity contribution >= 4 is 23.5 Å². The molecule has 37 heavy (non-hydrogen) atoms. The molecular formula is C27H37N3O7. The summed E-state index contributed by atoms with van der Waals surface area (Å²) in [6.45, 7) is 15.5. The second-order valence-corrected chi connectivity index (χ2v) is 10.7. The summed E-state index contributed by atoms with van der Waals surface area (Å²) >= 11 is 0. The molecule has 0 bridgehead atoms. The highest BCUT2D eigenvalue weighted by atomic mass is 16.6. The van der Waals surface area contributed by atoms with Gasteiger partial charge in [-0.15, -0.1) is 0 Å². The van der Waals surface area contributed by atoms with Gasteiger partial charge >= 0.3 is 11.9 Å². The molecule has 10 heteroatoms. The second kappa shape index (κ2) is 11.6. The third-order valence-corrected chi connectivity index (χ3v) is 5.60. The Kier molecular flexibility index (Phi) is 9.24. The van der Waals surface area contributed by atoms with Crippen molar-refractivity contribution < 1.29 is 28.8 Å². The van der Waals surface area contributed by atoms with Gasteiger partial charge in [-0.1, -0.05) is 26.0 Å². The Morgan fingerprint density at radius 2 is 1.65 bits per heavy atom. The fraction of sp³-hybridized carbons (Fsp3) is 0.519. The number of nitro benzene ring substituents is 1. The van der Waals surface area contributed by atoms with Crippen LogP contribution < -0.4 is 10.6 Å². The lowest BCUT2D eigenvalue weighted by Gasteiger charge is -2.33. The number of allylic oxidation sites excluding steroid dienone is 2. The fourth-order valence-electron chi connectivity index (χ4n) is 4.08. The van der Waals surface area contributed by atoms with E-state index in [-0.39, 0.29) is 22.8 Å².